The molecule has 0 aliphatic heterocycles. The van der Waals surface area contributed by atoms with Crippen molar-refractivity contribution in [2.24, 2.45) is 11.8 Å². The van der Waals surface area contributed by atoms with Gasteiger partial charge in [-0.3, -0.25) is 9.59 Å². The minimum absolute atomic E-state index is 0.116. The van der Waals surface area contributed by atoms with E-state index in [-0.39, 0.29) is 18.3 Å². The first-order valence-electron chi connectivity index (χ1n) is 6.12. The molecule has 1 aromatic rings. The predicted octanol–water partition coefficient (Wildman–Crippen LogP) is 1.30. The maximum absolute atomic E-state index is 11.2. The van der Waals surface area contributed by atoms with Gasteiger partial charge in [0.15, 0.2) is 12.1 Å². The van der Waals surface area contributed by atoms with Gasteiger partial charge in [0, 0.05) is 23.7 Å². The summed E-state index contributed by atoms with van der Waals surface area (Å²) >= 11 is 0. The molecule has 0 aliphatic rings. The number of carbonyl (C=O) groups excluding carboxylic acids is 2. The number of nitrogens with one attached hydrogen (secondary N) is 1. The smallest absolute Gasteiger partial charge is 0.198 e. The monoisotopic (exact) mass is 252 g/mol. The molecule has 0 radical (unpaired) electrons. The van der Waals surface area contributed by atoms with E-state index in [9.17, 15) is 14.7 Å². The summed E-state index contributed by atoms with van der Waals surface area (Å²) in [6, 6.07) is 0. The fourth-order valence-electron chi connectivity index (χ4n) is 2.20. The number of hydrogen-bond acceptors (Lipinski definition) is 4. The number of aromatic amines is 1. The number of imidazole rings is 1. The largest absolute Gasteiger partial charge is 0.392 e. The van der Waals surface area contributed by atoms with Crippen LogP contribution in [0.1, 0.15) is 38.8 Å². The first-order valence-corrected chi connectivity index (χ1v) is 6.12. The lowest BCUT2D eigenvalue weighted by Crippen LogP contribution is -2.28. The van der Waals surface area contributed by atoms with Gasteiger partial charge in [-0.05, 0) is 12.3 Å². The van der Waals surface area contributed by atoms with Crippen molar-refractivity contribution in [3.8, 4) is 0 Å². The number of aldehydes is 1. The number of aliphatic hydroxyl groups excluding tert-OH is 1. The van der Waals surface area contributed by atoms with Gasteiger partial charge in [-0.15, -0.1) is 0 Å². The molecule has 1 rings (SSSR count). The molecule has 5 nitrogen and oxygen atoms in total. The fourth-order valence-corrected chi connectivity index (χ4v) is 2.20. The summed E-state index contributed by atoms with van der Waals surface area (Å²) in [5.74, 6) is -0.837. The summed E-state index contributed by atoms with van der Waals surface area (Å²) in [5, 5.41) is 10.3. The number of carbonyl (C=O) groups is 2. The van der Waals surface area contributed by atoms with Crippen molar-refractivity contribution in [1.82, 2.24) is 9.97 Å². The highest BCUT2D eigenvalue weighted by Gasteiger charge is 2.28. The molecule has 5 heteroatoms. The van der Waals surface area contributed by atoms with E-state index in [1.807, 2.05) is 13.8 Å². The van der Waals surface area contributed by atoms with Gasteiger partial charge in [-0.2, -0.15) is 0 Å². The van der Waals surface area contributed by atoms with Crippen molar-refractivity contribution in [3.05, 3.63) is 18.2 Å². The Morgan fingerprint density at radius 1 is 1.50 bits per heavy atom. The summed E-state index contributed by atoms with van der Waals surface area (Å²) < 4.78 is 0. The highest BCUT2D eigenvalue weighted by Crippen LogP contribution is 2.29. The van der Waals surface area contributed by atoms with E-state index in [1.54, 1.807) is 19.4 Å². The van der Waals surface area contributed by atoms with Crippen LogP contribution < -0.4 is 0 Å². The number of Topliss-reactive ketones (excluding diaryl/α,β-unsaturated/α-hetero) is 1. The Balaban J connectivity index is 2.75. The first kappa shape index (κ1) is 14.6. The Labute approximate surface area is 107 Å². The van der Waals surface area contributed by atoms with E-state index >= 15 is 0 Å². The maximum Gasteiger partial charge on any atom is 0.198 e. The molecular weight excluding hydrogens is 232 g/mol. The van der Waals surface area contributed by atoms with Crippen LogP contribution in [0.4, 0.5) is 0 Å². The number of H-pyrrole nitrogens is 1. The van der Waals surface area contributed by atoms with Crippen LogP contribution in [-0.2, 0) is 9.59 Å². The van der Waals surface area contributed by atoms with Gasteiger partial charge in [-0.1, -0.05) is 20.8 Å². The molecule has 100 valence electrons. The van der Waals surface area contributed by atoms with Gasteiger partial charge in [0.1, 0.15) is 0 Å². The SMILES string of the molecule is CC(C)C(c1cnc[nH]1)C(O)C[C@H](C)C(=O)C=O. The van der Waals surface area contributed by atoms with E-state index in [1.165, 1.54) is 0 Å². The lowest BCUT2D eigenvalue weighted by Gasteiger charge is -2.26. The normalized spacial score (nSPS) is 16.3. The summed E-state index contributed by atoms with van der Waals surface area (Å²) in [5.41, 5.74) is 0.850. The highest BCUT2D eigenvalue weighted by atomic mass is 16.3. The van der Waals surface area contributed by atoms with Crippen molar-refractivity contribution in [2.45, 2.75) is 39.2 Å². The molecule has 0 bridgehead atoms. The fraction of sp³-hybridized carbons (Fsp3) is 0.615. The molecule has 3 atom stereocenters. The van der Waals surface area contributed by atoms with Crippen LogP contribution in [0.2, 0.25) is 0 Å². The molecule has 0 fully saturated rings. The summed E-state index contributed by atoms with van der Waals surface area (Å²) in [7, 11) is 0. The minimum Gasteiger partial charge on any atom is -0.392 e. The van der Waals surface area contributed by atoms with Gasteiger partial charge < -0.3 is 10.1 Å². The average molecular weight is 252 g/mol. The summed E-state index contributed by atoms with van der Waals surface area (Å²) in [6.07, 6.45) is 3.17. The number of aliphatic hydroxyl groups is 1. The Hall–Kier alpha value is -1.49. The van der Waals surface area contributed by atoms with Gasteiger partial charge in [0.05, 0.1) is 12.4 Å². The predicted molar refractivity (Wildman–Crippen MR) is 67.0 cm³/mol. The van der Waals surface area contributed by atoms with Gasteiger partial charge in [0.2, 0.25) is 0 Å². The van der Waals surface area contributed by atoms with Crippen LogP contribution in [0.3, 0.4) is 0 Å². The molecule has 0 saturated carbocycles. The molecule has 0 aromatic carbocycles. The Morgan fingerprint density at radius 2 is 2.17 bits per heavy atom. The lowest BCUT2D eigenvalue weighted by atomic mass is 9.83. The van der Waals surface area contributed by atoms with Gasteiger partial charge in [-0.25, -0.2) is 4.98 Å². The molecule has 1 heterocycles. The first-order chi connectivity index (χ1) is 8.47. The van der Waals surface area contributed by atoms with E-state index in [4.69, 9.17) is 0 Å². The lowest BCUT2D eigenvalue weighted by molar-refractivity contribution is -0.132. The standard InChI is InChI=1S/C13H20N2O3/c1-8(2)13(10-5-14-7-15-10)11(17)4-9(3)12(18)6-16/h5-9,11,13,17H,4H2,1-3H3,(H,14,15)/t9-,11?,13?/m0/s1. The molecule has 1 aromatic heterocycles. The number of nitrogens with zero attached hydrogens (tertiary/aromatic N) is 1. The van der Waals surface area contributed by atoms with E-state index in [0.717, 1.165) is 5.69 Å². The molecule has 18 heavy (non-hydrogen) atoms. The van der Waals surface area contributed by atoms with Crippen molar-refractivity contribution in [2.75, 3.05) is 0 Å². The van der Waals surface area contributed by atoms with Crippen molar-refractivity contribution >= 4 is 12.1 Å². The third-order valence-electron chi connectivity index (χ3n) is 3.21. The van der Waals surface area contributed by atoms with E-state index in [2.05, 4.69) is 9.97 Å². The molecule has 2 unspecified atom stereocenters. The molecule has 0 saturated heterocycles. The topological polar surface area (TPSA) is 83.0 Å². The Morgan fingerprint density at radius 3 is 2.61 bits per heavy atom. The zero-order valence-corrected chi connectivity index (χ0v) is 11.0. The number of ketones is 1. The highest BCUT2D eigenvalue weighted by molar-refractivity contribution is 6.25. The molecular formula is C13H20N2O3. The van der Waals surface area contributed by atoms with Crippen molar-refractivity contribution in [1.29, 1.82) is 0 Å². The second-order valence-electron chi connectivity index (χ2n) is 5.00. The van der Waals surface area contributed by atoms with Crippen LogP contribution in [0.15, 0.2) is 12.5 Å². The van der Waals surface area contributed by atoms with Crippen LogP contribution in [0.25, 0.3) is 0 Å². The van der Waals surface area contributed by atoms with E-state index in [0.29, 0.717) is 6.29 Å². The van der Waals surface area contributed by atoms with Crippen LogP contribution in [0, 0.1) is 11.8 Å². The third-order valence-corrected chi connectivity index (χ3v) is 3.21. The maximum atomic E-state index is 11.2. The van der Waals surface area contributed by atoms with E-state index < -0.39 is 17.8 Å². The number of rotatable bonds is 7. The van der Waals surface area contributed by atoms with Crippen molar-refractivity contribution < 1.29 is 14.7 Å². The Kier molecular flexibility index (Phi) is 5.22. The molecule has 0 amide bonds. The van der Waals surface area contributed by atoms with Crippen LogP contribution in [0.5, 0.6) is 0 Å². The quantitative estimate of drug-likeness (QED) is 0.566. The summed E-state index contributed by atoms with van der Waals surface area (Å²) in [6.45, 7) is 5.66. The summed E-state index contributed by atoms with van der Waals surface area (Å²) in [4.78, 5) is 28.6. The number of hydrogen-bond donors (Lipinski definition) is 2. The minimum atomic E-state index is -0.677. The van der Waals surface area contributed by atoms with Gasteiger partial charge >= 0.3 is 0 Å². The molecule has 0 aliphatic carbocycles. The van der Waals surface area contributed by atoms with Crippen LogP contribution >= 0.6 is 0 Å². The van der Waals surface area contributed by atoms with Crippen molar-refractivity contribution in [3.63, 3.8) is 0 Å². The van der Waals surface area contributed by atoms with Crippen LogP contribution in [-0.4, -0.2) is 33.2 Å². The van der Waals surface area contributed by atoms with Gasteiger partial charge in [0.25, 0.3) is 0 Å². The molecule has 2 N–H and O–H groups in total. The second-order valence-corrected chi connectivity index (χ2v) is 5.00. The zero-order valence-electron chi connectivity index (χ0n) is 11.0. The third kappa shape index (κ3) is 3.50. The number of aromatic nitrogens is 2. The molecule has 0 spiro atoms. The average Bonchev–Trinajstić information content (AvgIpc) is 2.80. The second kappa shape index (κ2) is 6.44. The zero-order chi connectivity index (χ0) is 13.7. The Bertz CT molecular complexity index is 387.